The zero-order chi connectivity index (χ0) is 22.4. The minimum Gasteiger partial charge on any atom is -0.351 e. The van der Waals surface area contributed by atoms with E-state index in [1.54, 1.807) is 6.07 Å². The summed E-state index contributed by atoms with van der Waals surface area (Å²) in [5.74, 6) is -2.98. The van der Waals surface area contributed by atoms with E-state index in [4.69, 9.17) is 4.52 Å². The van der Waals surface area contributed by atoms with E-state index in [1.165, 1.54) is 11.0 Å². The van der Waals surface area contributed by atoms with Gasteiger partial charge in [0, 0.05) is 5.75 Å². The Morgan fingerprint density at radius 2 is 1.94 bits per heavy atom. The van der Waals surface area contributed by atoms with Crippen LogP contribution >= 0.6 is 11.8 Å². The van der Waals surface area contributed by atoms with Crippen LogP contribution in [0.1, 0.15) is 23.6 Å². The molecule has 0 radical (unpaired) electrons. The Morgan fingerprint density at radius 1 is 1.16 bits per heavy atom. The Bertz CT molecular complexity index is 1260. The summed E-state index contributed by atoms with van der Waals surface area (Å²) in [6.45, 7) is 0. The van der Waals surface area contributed by atoms with E-state index in [1.807, 2.05) is 30.3 Å². The van der Waals surface area contributed by atoms with Gasteiger partial charge in [-0.05, 0) is 29.7 Å². The Morgan fingerprint density at radius 3 is 2.69 bits per heavy atom. The highest BCUT2D eigenvalue weighted by Crippen LogP contribution is 2.42. The van der Waals surface area contributed by atoms with Crippen molar-refractivity contribution in [1.82, 2.24) is 10.5 Å². The minimum absolute atomic E-state index is 0.0831. The second kappa shape index (κ2) is 7.86. The van der Waals surface area contributed by atoms with Crippen LogP contribution in [0.25, 0.3) is 11.0 Å². The normalized spacial score (nSPS) is 21.5. The lowest BCUT2D eigenvalue weighted by atomic mass is 9.89. The topological polar surface area (TPSA) is 110 Å². The molecular weight excluding hydrogens is 437 g/mol. The average Bonchev–Trinajstić information content (AvgIpc) is 3.34. The van der Waals surface area contributed by atoms with Crippen LogP contribution in [0.15, 0.2) is 47.0 Å². The fourth-order valence-electron chi connectivity index (χ4n) is 4.05. The number of nitrogens with zero attached hydrogens (tertiary/aromatic N) is 2. The number of thioether (sulfide) groups is 1. The van der Waals surface area contributed by atoms with Crippen LogP contribution < -0.4 is 10.2 Å². The number of nitrogens with one attached hydrogen (secondary N) is 1. The maximum atomic E-state index is 14.8. The first kappa shape index (κ1) is 20.4. The van der Waals surface area contributed by atoms with Crippen molar-refractivity contribution >= 4 is 51.4 Å². The number of amides is 3. The first-order chi connectivity index (χ1) is 15.4. The number of benzene rings is 2. The van der Waals surface area contributed by atoms with Crippen molar-refractivity contribution in [2.75, 3.05) is 10.7 Å². The fourth-order valence-corrected chi connectivity index (χ4v) is 5.05. The molecular formula is C22H16FN3O5S. The lowest BCUT2D eigenvalue weighted by molar-refractivity contribution is -0.143. The van der Waals surface area contributed by atoms with Crippen molar-refractivity contribution in [3.05, 3.63) is 59.4 Å². The van der Waals surface area contributed by atoms with Crippen molar-refractivity contribution in [2.45, 2.75) is 18.9 Å². The largest absolute Gasteiger partial charge is 0.351 e. The lowest BCUT2D eigenvalue weighted by Gasteiger charge is -2.22. The molecule has 10 heteroatoms. The van der Waals surface area contributed by atoms with Gasteiger partial charge in [-0.1, -0.05) is 47.3 Å². The number of hydrogen-bond acceptors (Lipinski definition) is 7. The summed E-state index contributed by atoms with van der Waals surface area (Å²) in [4.78, 5) is 49.8. The number of hydrogen-bond donors (Lipinski definition) is 1. The molecule has 2 aliphatic rings. The summed E-state index contributed by atoms with van der Waals surface area (Å²) in [5, 5.41) is 6.15. The van der Waals surface area contributed by atoms with Gasteiger partial charge in [-0.3, -0.25) is 29.4 Å². The van der Waals surface area contributed by atoms with Gasteiger partial charge in [0.15, 0.2) is 17.4 Å². The Labute approximate surface area is 185 Å². The highest BCUT2D eigenvalue weighted by Gasteiger charge is 2.38. The van der Waals surface area contributed by atoms with E-state index < -0.39 is 35.8 Å². The summed E-state index contributed by atoms with van der Waals surface area (Å²) in [5.41, 5.74) is 1.15. The van der Waals surface area contributed by atoms with Crippen molar-refractivity contribution in [3.8, 4) is 0 Å². The van der Waals surface area contributed by atoms with Gasteiger partial charge >= 0.3 is 0 Å². The number of halogens is 1. The summed E-state index contributed by atoms with van der Waals surface area (Å²) in [6, 6.07) is 11.9. The average molecular weight is 453 g/mol. The zero-order valence-corrected chi connectivity index (χ0v) is 17.4. The van der Waals surface area contributed by atoms with Crippen LogP contribution in [-0.4, -0.2) is 33.7 Å². The van der Waals surface area contributed by atoms with Gasteiger partial charge in [-0.2, -0.15) is 0 Å². The predicted octanol–water partition coefficient (Wildman–Crippen LogP) is 3.16. The number of rotatable bonds is 4. The van der Waals surface area contributed by atoms with Crippen molar-refractivity contribution < 1.29 is 28.1 Å². The minimum atomic E-state index is -1.09. The van der Waals surface area contributed by atoms with Gasteiger partial charge < -0.3 is 4.52 Å². The first-order valence-electron chi connectivity index (χ1n) is 9.87. The number of Topliss-reactive ketones (excluding diaryl/α,β-unsaturated/α-hetero) is 1. The van der Waals surface area contributed by atoms with Crippen LogP contribution in [0.5, 0.6) is 0 Å². The van der Waals surface area contributed by atoms with Crippen molar-refractivity contribution in [2.24, 2.45) is 5.92 Å². The molecule has 3 amide bonds. The molecule has 32 heavy (non-hydrogen) atoms. The molecule has 2 aromatic carbocycles. The monoisotopic (exact) mass is 453 g/mol. The van der Waals surface area contributed by atoms with Crippen LogP contribution in [0.4, 0.5) is 15.0 Å². The van der Waals surface area contributed by atoms with Crippen LogP contribution in [0, 0.1) is 11.7 Å². The molecule has 1 N–H and O–H groups in total. The molecule has 2 saturated heterocycles. The van der Waals surface area contributed by atoms with E-state index >= 15 is 0 Å². The standard InChI is InChI=1S/C22H16FN3O5S/c23-15-8-11(6-13-17(27)9-18(28)24-21(13)29)7-14-19(15)31-25-20(14)26-16(10-32-22(26)30)12-4-2-1-3-5-12/h1-5,7-8,13,16H,6,9-10H2,(H,24,28,29)/t13?,16-/m1/s1. The Balaban J connectivity index is 1.53. The van der Waals surface area contributed by atoms with Crippen molar-refractivity contribution in [1.29, 1.82) is 0 Å². The number of anilines is 1. The highest BCUT2D eigenvalue weighted by molar-refractivity contribution is 8.14. The number of carbonyl (C=O) groups excluding carboxylic acids is 4. The molecule has 162 valence electrons. The third-order valence-corrected chi connectivity index (χ3v) is 6.52. The van der Waals surface area contributed by atoms with Gasteiger partial charge in [0.2, 0.25) is 17.4 Å². The molecule has 3 heterocycles. The first-order valence-corrected chi connectivity index (χ1v) is 10.9. The summed E-state index contributed by atoms with van der Waals surface area (Å²) in [6.07, 6.45) is -0.474. The van der Waals surface area contributed by atoms with Gasteiger partial charge in [-0.15, -0.1) is 0 Å². The quantitative estimate of drug-likeness (QED) is 0.477. The van der Waals surface area contributed by atoms with E-state index in [0.29, 0.717) is 11.3 Å². The van der Waals surface area contributed by atoms with E-state index in [9.17, 15) is 23.6 Å². The van der Waals surface area contributed by atoms with E-state index in [-0.39, 0.29) is 34.5 Å². The zero-order valence-electron chi connectivity index (χ0n) is 16.5. The molecule has 3 aromatic rings. The van der Waals surface area contributed by atoms with Gasteiger partial charge in [-0.25, -0.2) is 4.39 Å². The molecule has 1 unspecified atom stereocenters. The molecule has 0 saturated carbocycles. The number of carbonyl (C=O) groups is 4. The van der Waals surface area contributed by atoms with E-state index in [0.717, 1.165) is 17.3 Å². The maximum Gasteiger partial charge on any atom is 0.288 e. The van der Waals surface area contributed by atoms with E-state index in [2.05, 4.69) is 10.5 Å². The molecule has 2 fully saturated rings. The predicted molar refractivity (Wildman–Crippen MR) is 113 cm³/mol. The number of imide groups is 1. The van der Waals surface area contributed by atoms with Gasteiger partial charge in [0.05, 0.1) is 17.8 Å². The third-order valence-electron chi connectivity index (χ3n) is 5.60. The second-order valence-electron chi connectivity index (χ2n) is 7.65. The smallest absolute Gasteiger partial charge is 0.288 e. The summed E-state index contributed by atoms with van der Waals surface area (Å²) >= 11 is 1.13. The molecule has 5 rings (SSSR count). The number of ketones is 1. The van der Waals surface area contributed by atoms with Gasteiger partial charge in [0.1, 0.15) is 5.92 Å². The lowest BCUT2D eigenvalue weighted by Crippen LogP contribution is -2.46. The molecule has 8 nitrogen and oxygen atoms in total. The number of fused-ring (bicyclic) bond motifs is 1. The Hall–Kier alpha value is -3.53. The molecule has 0 aliphatic carbocycles. The highest BCUT2D eigenvalue weighted by atomic mass is 32.2. The molecule has 0 bridgehead atoms. The molecule has 2 aliphatic heterocycles. The second-order valence-corrected chi connectivity index (χ2v) is 8.62. The maximum absolute atomic E-state index is 14.8. The summed E-state index contributed by atoms with van der Waals surface area (Å²) < 4.78 is 20.0. The third kappa shape index (κ3) is 3.46. The van der Waals surface area contributed by atoms with Crippen molar-refractivity contribution in [3.63, 3.8) is 0 Å². The molecule has 1 aromatic heterocycles. The SMILES string of the molecule is O=C1CC(=O)C(Cc2cc(F)c3onc(N4C(=O)SC[C@@H]4c4ccccc4)c3c2)C(=O)N1. The van der Waals surface area contributed by atoms with Crippen LogP contribution in [-0.2, 0) is 20.8 Å². The fraction of sp³-hybridized carbons (Fsp3) is 0.227. The molecule has 2 atom stereocenters. The Kier molecular flexibility index (Phi) is 5.01. The molecule has 0 spiro atoms. The number of piperidine rings is 1. The summed E-state index contributed by atoms with van der Waals surface area (Å²) in [7, 11) is 0. The van der Waals surface area contributed by atoms with Gasteiger partial charge in [0.25, 0.3) is 5.24 Å². The van der Waals surface area contributed by atoms with Crippen LogP contribution in [0.2, 0.25) is 0 Å². The van der Waals surface area contributed by atoms with Crippen LogP contribution in [0.3, 0.4) is 0 Å². The number of aromatic nitrogens is 1.